The molecule has 0 aromatic heterocycles. The Morgan fingerprint density at radius 3 is 2.09 bits per heavy atom. The number of benzene rings is 5. The average molecular weight is 604 g/mol. The van der Waals surface area contributed by atoms with E-state index in [0.717, 1.165) is 5.56 Å². The van der Waals surface area contributed by atoms with Gasteiger partial charge in [0.05, 0.1) is 16.8 Å². The molecule has 0 radical (unpaired) electrons. The van der Waals surface area contributed by atoms with Crippen molar-refractivity contribution in [3.8, 4) is 23.0 Å². The molecule has 218 valence electrons. The Hall–Kier alpha value is -5.61. The number of fused-ring (bicyclic) bond motifs is 6. The third-order valence-corrected chi connectivity index (χ3v) is 9.22. The Balaban J connectivity index is 1.39. The lowest BCUT2D eigenvalue weighted by Gasteiger charge is -2.41. The van der Waals surface area contributed by atoms with Gasteiger partial charge in [-0.15, -0.1) is 0 Å². The largest absolute Gasteiger partial charge is 0.508 e. The molecule has 0 aliphatic carbocycles. The number of rotatable bonds is 5. The van der Waals surface area contributed by atoms with Gasteiger partial charge >= 0.3 is 0 Å². The van der Waals surface area contributed by atoms with Gasteiger partial charge in [-0.25, -0.2) is 13.4 Å². The van der Waals surface area contributed by atoms with Gasteiger partial charge < -0.3 is 14.9 Å². The zero-order valence-electron chi connectivity index (χ0n) is 23.3. The minimum Gasteiger partial charge on any atom is -0.508 e. The van der Waals surface area contributed by atoms with Gasteiger partial charge in [-0.2, -0.15) is 5.10 Å². The van der Waals surface area contributed by atoms with Crippen molar-refractivity contribution < 1.29 is 28.2 Å². The number of ether oxygens (including phenoxy) is 1. The van der Waals surface area contributed by atoms with E-state index in [2.05, 4.69) is 4.72 Å². The van der Waals surface area contributed by atoms with E-state index in [1.165, 1.54) is 47.6 Å². The summed E-state index contributed by atoms with van der Waals surface area (Å²) >= 11 is 0. The Labute approximate surface area is 253 Å². The summed E-state index contributed by atoms with van der Waals surface area (Å²) in [5.74, 6) is 0.113. The quantitative estimate of drug-likeness (QED) is 0.209. The van der Waals surface area contributed by atoms with Gasteiger partial charge in [-0.1, -0.05) is 54.1 Å². The molecule has 0 bridgehead atoms. The number of carbonyl (C=O) groups is 1. The molecule has 2 aliphatic rings. The van der Waals surface area contributed by atoms with E-state index in [0.29, 0.717) is 39.3 Å². The second-order valence-electron chi connectivity index (χ2n) is 10.6. The van der Waals surface area contributed by atoms with Gasteiger partial charge in [0, 0.05) is 39.9 Å². The highest BCUT2D eigenvalue weighted by molar-refractivity contribution is 7.92. The predicted octanol–water partition coefficient (Wildman–Crippen LogP) is 6.09. The number of nitrogens with zero attached hydrogens (tertiary/aromatic N) is 2. The van der Waals surface area contributed by atoms with Gasteiger partial charge in [0.2, 0.25) is 0 Å². The standard InChI is InChI=1S/C34H25N3O6S/c1-21-10-14-25(15-11-21)44(41,42)36-30-9-5-2-6-22(30)20-35-37-33(40)26-7-3-4-8-27(26)34(37)28-16-12-23(38)18-31(28)43-32-19-24(39)13-17-29(32)34/h2-20,36,38-39H,1H3/b35-20+. The molecule has 2 heterocycles. The molecule has 0 fully saturated rings. The van der Waals surface area contributed by atoms with E-state index < -0.39 is 21.5 Å². The van der Waals surface area contributed by atoms with Crippen LogP contribution in [0.1, 0.15) is 38.2 Å². The van der Waals surface area contributed by atoms with Gasteiger partial charge in [0.25, 0.3) is 15.9 Å². The number of aryl methyl sites for hydroxylation is 1. The molecular weight excluding hydrogens is 578 g/mol. The molecule has 44 heavy (non-hydrogen) atoms. The van der Waals surface area contributed by atoms with Gasteiger partial charge in [0.1, 0.15) is 28.5 Å². The molecule has 1 spiro atoms. The van der Waals surface area contributed by atoms with E-state index in [-0.39, 0.29) is 22.1 Å². The molecule has 1 amide bonds. The van der Waals surface area contributed by atoms with Crippen LogP contribution in [0.5, 0.6) is 23.0 Å². The summed E-state index contributed by atoms with van der Waals surface area (Å²) in [5.41, 5.74) is 2.46. The smallest absolute Gasteiger partial charge is 0.275 e. The summed E-state index contributed by atoms with van der Waals surface area (Å²) in [4.78, 5) is 14.2. The van der Waals surface area contributed by atoms with Crippen LogP contribution in [0.4, 0.5) is 5.69 Å². The third kappa shape index (κ3) is 4.18. The van der Waals surface area contributed by atoms with Crippen LogP contribution in [-0.2, 0) is 15.6 Å². The number of carbonyl (C=O) groups excluding carboxylic acids is 1. The van der Waals surface area contributed by atoms with Crippen LogP contribution >= 0.6 is 0 Å². The fraction of sp³-hybridized carbons (Fsp3) is 0.0588. The number of para-hydroxylation sites is 1. The highest BCUT2D eigenvalue weighted by atomic mass is 32.2. The molecule has 0 saturated heterocycles. The van der Waals surface area contributed by atoms with Crippen molar-refractivity contribution in [1.82, 2.24) is 5.01 Å². The lowest BCUT2D eigenvalue weighted by Crippen LogP contribution is -2.44. The van der Waals surface area contributed by atoms with E-state index in [9.17, 15) is 23.4 Å². The van der Waals surface area contributed by atoms with Gasteiger partial charge in [-0.3, -0.25) is 9.52 Å². The minimum atomic E-state index is -3.92. The first-order valence-electron chi connectivity index (χ1n) is 13.7. The SMILES string of the molecule is Cc1ccc(S(=O)(=O)Nc2ccccc2/C=N/N2C(=O)c3ccccc3C23c2ccc(O)cc2Oc2cc(O)ccc23)cc1. The van der Waals surface area contributed by atoms with Crippen LogP contribution < -0.4 is 9.46 Å². The first kappa shape index (κ1) is 27.2. The van der Waals surface area contributed by atoms with Crippen molar-refractivity contribution in [3.05, 3.63) is 143 Å². The number of anilines is 1. The van der Waals surface area contributed by atoms with E-state index >= 15 is 0 Å². The molecule has 3 N–H and O–H groups in total. The Morgan fingerprint density at radius 2 is 1.41 bits per heavy atom. The summed E-state index contributed by atoms with van der Waals surface area (Å²) in [7, 11) is -3.92. The van der Waals surface area contributed by atoms with Crippen LogP contribution in [0.3, 0.4) is 0 Å². The monoisotopic (exact) mass is 603 g/mol. The number of phenols is 2. The van der Waals surface area contributed by atoms with Crippen molar-refractivity contribution in [2.75, 3.05) is 4.72 Å². The number of amides is 1. The first-order chi connectivity index (χ1) is 21.2. The Kier molecular flexibility index (Phi) is 6.19. The molecule has 0 saturated carbocycles. The van der Waals surface area contributed by atoms with Gasteiger partial charge in [0.15, 0.2) is 0 Å². The molecule has 0 atom stereocenters. The van der Waals surface area contributed by atoms with Crippen molar-refractivity contribution >= 4 is 27.8 Å². The zero-order chi connectivity index (χ0) is 30.6. The number of hydrogen-bond donors (Lipinski definition) is 3. The summed E-state index contributed by atoms with van der Waals surface area (Å²) in [5, 5.41) is 26.7. The second kappa shape index (κ2) is 9.99. The molecular formula is C34H25N3O6S. The summed E-state index contributed by atoms with van der Waals surface area (Å²) in [6, 6.07) is 29.7. The van der Waals surface area contributed by atoms with E-state index in [1.54, 1.807) is 60.7 Å². The maximum Gasteiger partial charge on any atom is 0.275 e. The number of nitrogens with one attached hydrogen (secondary N) is 1. The van der Waals surface area contributed by atoms with Crippen molar-refractivity contribution in [2.24, 2.45) is 5.10 Å². The van der Waals surface area contributed by atoms with Crippen molar-refractivity contribution in [1.29, 1.82) is 0 Å². The molecule has 5 aromatic carbocycles. The fourth-order valence-corrected chi connectivity index (χ4v) is 6.91. The number of hydrazone groups is 1. The molecule has 0 unspecified atom stereocenters. The van der Waals surface area contributed by atoms with E-state index in [4.69, 9.17) is 9.84 Å². The van der Waals surface area contributed by atoms with E-state index in [1.807, 2.05) is 19.1 Å². The van der Waals surface area contributed by atoms with Crippen LogP contribution in [0.25, 0.3) is 0 Å². The Bertz CT molecular complexity index is 2060. The predicted molar refractivity (Wildman–Crippen MR) is 165 cm³/mol. The molecule has 2 aliphatic heterocycles. The van der Waals surface area contributed by atoms with Crippen LogP contribution in [0, 0.1) is 6.92 Å². The van der Waals surface area contributed by atoms with Crippen molar-refractivity contribution in [2.45, 2.75) is 17.4 Å². The summed E-state index contributed by atoms with van der Waals surface area (Å²) in [6.07, 6.45) is 1.44. The fourth-order valence-electron chi connectivity index (χ4n) is 5.82. The molecule has 7 rings (SSSR count). The van der Waals surface area contributed by atoms with Crippen LogP contribution in [0.2, 0.25) is 0 Å². The van der Waals surface area contributed by atoms with Gasteiger partial charge in [-0.05, 0) is 55.5 Å². The highest BCUT2D eigenvalue weighted by Gasteiger charge is 2.57. The maximum absolute atomic E-state index is 14.1. The minimum absolute atomic E-state index is 0.0371. The normalized spacial score (nSPS) is 14.7. The summed E-state index contributed by atoms with van der Waals surface area (Å²) in [6.45, 7) is 1.88. The lowest BCUT2D eigenvalue weighted by molar-refractivity contribution is 0.0675. The number of sulfonamides is 1. The molecule has 9 nitrogen and oxygen atoms in total. The molecule has 10 heteroatoms. The zero-order valence-corrected chi connectivity index (χ0v) is 24.1. The molecule has 5 aromatic rings. The summed E-state index contributed by atoms with van der Waals surface area (Å²) < 4.78 is 35.2. The average Bonchev–Trinajstić information content (AvgIpc) is 3.24. The topological polar surface area (TPSA) is 129 Å². The Morgan fingerprint density at radius 1 is 0.795 bits per heavy atom. The third-order valence-electron chi connectivity index (χ3n) is 7.84. The van der Waals surface area contributed by atoms with Crippen molar-refractivity contribution in [3.63, 3.8) is 0 Å². The second-order valence-corrected chi connectivity index (χ2v) is 12.3. The number of hydrogen-bond acceptors (Lipinski definition) is 7. The highest BCUT2D eigenvalue weighted by Crippen LogP contribution is 2.58. The lowest BCUT2D eigenvalue weighted by atomic mass is 9.75. The first-order valence-corrected chi connectivity index (χ1v) is 15.2. The van der Waals surface area contributed by atoms with Crippen LogP contribution in [0.15, 0.2) is 119 Å². The number of aromatic hydroxyl groups is 2. The maximum atomic E-state index is 14.1. The number of phenolic OH excluding ortho intramolecular Hbond substituents is 2. The van der Waals surface area contributed by atoms with Crippen LogP contribution in [-0.4, -0.2) is 35.8 Å².